The fraction of sp³-hybridized carbons (Fsp3) is 0.583. The molecule has 88 valence electrons. The van der Waals surface area contributed by atoms with E-state index in [-0.39, 0.29) is 0 Å². The average molecular weight is 239 g/mol. The van der Waals surface area contributed by atoms with Crippen molar-refractivity contribution in [2.24, 2.45) is 0 Å². The lowest BCUT2D eigenvalue weighted by molar-refractivity contribution is 0.0226. The molecule has 4 heteroatoms. The second-order valence-electron chi connectivity index (χ2n) is 3.74. The second-order valence-corrected chi connectivity index (χ2v) is 4.91. The number of thioether (sulfide) groups is 1. The molecule has 0 aromatic carbocycles. The Hall–Kier alpha value is -0.580. The maximum Gasteiger partial charge on any atom is 0.0809 e. The van der Waals surface area contributed by atoms with Gasteiger partial charge in [-0.25, -0.2) is 0 Å². The summed E-state index contributed by atoms with van der Waals surface area (Å²) >= 11 is 1.80. The van der Waals surface area contributed by atoms with E-state index in [0.717, 1.165) is 32.0 Å². The number of pyridine rings is 1. The van der Waals surface area contributed by atoms with Crippen molar-refractivity contribution in [3.8, 4) is 0 Å². The lowest BCUT2D eigenvalue weighted by Gasteiger charge is -2.09. The van der Waals surface area contributed by atoms with Crippen molar-refractivity contribution in [1.82, 2.24) is 4.98 Å². The van der Waals surface area contributed by atoms with Gasteiger partial charge in [-0.3, -0.25) is 4.98 Å². The lowest BCUT2D eigenvalue weighted by Crippen LogP contribution is -2.15. The first-order valence-electron chi connectivity index (χ1n) is 5.67. The molecule has 1 aromatic rings. The number of hydrogen-bond donors (Lipinski definition) is 0. The van der Waals surface area contributed by atoms with E-state index in [1.807, 2.05) is 24.5 Å². The van der Waals surface area contributed by atoms with Gasteiger partial charge in [0.1, 0.15) is 0 Å². The Kier molecular flexibility index (Phi) is 5.12. The first-order valence-corrected chi connectivity index (χ1v) is 6.66. The molecule has 3 nitrogen and oxygen atoms in total. The molecule has 2 rings (SSSR count). The molecule has 0 saturated carbocycles. The lowest BCUT2D eigenvalue weighted by atomic mass is 10.2. The summed E-state index contributed by atoms with van der Waals surface area (Å²) < 4.78 is 11.1. The van der Waals surface area contributed by atoms with Crippen LogP contribution in [-0.4, -0.2) is 36.7 Å². The summed E-state index contributed by atoms with van der Waals surface area (Å²) in [5.41, 5.74) is 0. The number of ether oxygens (including phenoxy) is 2. The molecule has 0 aliphatic carbocycles. The van der Waals surface area contributed by atoms with E-state index >= 15 is 0 Å². The molecule has 0 spiro atoms. The summed E-state index contributed by atoms with van der Waals surface area (Å²) in [6.45, 7) is 2.43. The Bertz CT molecular complexity index is 288. The Balaban J connectivity index is 1.52. The van der Waals surface area contributed by atoms with Crippen molar-refractivity contribution in [3.63, 3.8) is 0 Å². The third kappa shape index (κ3) is 4.12. The van der Waals surface area contributed by atoms with Gasteiger partial charge in [-0.2, -0.15) is 0 Å². The second kappa shape index (κ2) is 6.89. The smallest absolute Gasteiger partial charge is 0.0809 e. The molecule has 1 aliphatic heterocycles. The maximum absolute atomic E-state index is 5.58. The molecule has 0 bridgehead atoms. The minimum atomic E-state index is 0.339. The zero-order valence-corrected chi connectivity index (χ0v) is 10.1. The van der Waals surface area contributed by atoms with E-state index < -0.39 is 0 Å². The summed E-state index contributed by atoms with van der Waals surface area (Å²) in [6.07, 6.45) is 6.30. The zero-order chi connectivity index (χ0) is 11.1. The number of nitrogens with zero attached hydrogens (tertiary/aromatic N) is 1. The average Bonchev–Trinajstić information content (AvgIpc) is 2.83. The van der Waals surface area contributed by atoms with Crippen LogP contribution >= 0.6 is 11.8 Å². The SMILES string of the molecule is c1cc(SCCOC[C@@H]2CCCO2)ccn1. The highest BCUT2D eigenvalue weighted by Crippen LogP contribution is 2.16. The number of rotatable bonds is 6. The molecular weight excluding hydrogens is 222 g/mol. The van der Waals surface area contributed by atoms with Crippen LogP contribution in [0.15, 0.2) is 29.4 Å². The Morgan fingerprint density at radius 2 is 2.31 bits per heavy atom. The van der Waals surface area contributed by atoms with Gasteiger partial charge < -0.3 is 9.47 Å². The van der Waals surface area contributed by atoms with E-state index in [0.29, 0.717) is 6.10 Å². The van der Waals surface area contributed by atoms with E-state index in [1.54, 1.807) is 11.8 Å². The minimum absolute atomic E-state index is 0.339. The fourth-order valence-electron chi connectivity index (χ4n) is 1.64. The van der Waals surface area contributed by atoms with Crippen LogP contribution in [-0.2, 0) is 9.47 Å². The topological polar surface area (TPSA) is 31.4 Å². The fourth-order valence-corrected chi connectivity index (χ4v) is 2.39. The third-order valence-corrected chi connectivity index (χ3v) is 3.45. The highest BCUT2D eigenvalue weighted by Gasteiger charge is 2.14. The molecule has 1 atom stereocenters. The third-order valence-electron chi connectivity index (χ3n) is 2.47. The molecule has 0 N–H and O–H groups in total. The van der Waals surface area contributed by atoms with Crippen LogP contribution < -0.4 is 0 Å². The first-order chi connectivity index (χ1) is 7.95. The van der Waals surface area contributed by atoms with Crippen LogP contribution in [0, 0.1) is 0 Å². The molecule has 1 aliphatic rings. The van der Waals surface area contributed by atoms with Gasteiger partial charge in [-0.1, -0.05) is 0 Å². The predicted molar refractivity (Wildman–Crippen MR) is 64.8 cm³/mol. The summed E-state index contributed by atoms with van der Waals surface area (Å²) in [5.74, 6) is 0.983. The molecular formula is C12H17NO2S. The highest BCUT2D eigenvalue weighted by molar-refractivity contribution is 7.99. The van der Waals surface area contributed by atoms with Crippen LogP contribution in [0.1, 0.15) is 12.8 Å². The summed E-state index contributed by atoms with van der Waals surface area (Å²) in [4.78, 5) is 5.23. The van der Waals surface area contributed by atoms with E-state index in [2.05, 4.69) is 4.98 Å². The molecule has 1 fully saturated rings. The molecule has 2 heterocycles. The van der Waals surface area contributed by atoms with Crippen LogP contribution in [0.3, 0.4) is 0 Å². The van der Waals surface area contributed by atoms with Crippen LogP contribution in [0.5, 0.6) is 0 Å². The van der Waals surface area contributed by atoms with Gasteiger partial charge >= 0.3 is 0 Å². The number of aromatic nitrogens is 1. The Morgan fingerprint density at radius 1 is 1.44 bits per heavy atom. The van der Waals surface area contributed by atoms with Gasteiger partial charge in [0.25, 0.3) is 0 Å². The van der Waals surface area contributed by atoms with Crippen LogP contribution in [0.25, 0.3) is 0 Å². The van der Waals surface area contributed by atoms with Gasteiger partial charge in [0, 0.05) is 29.6 Å². The van der Waals surface area contributed by atoms with Gasteiger partial charge in [-0.15, -0.1) is 11.8 Å². The Labute approximate surface area is 101 Å². The van der Waals surface area contributed by atoms with Crippen molar-refractivity contribution >= 4 is 11.8 Å². The predicted octanol–water partition coefficient (Wildman–Crippen LogP) is 2.37. The van der Waals surface area contributed by atoms with Crippen molar-refractivity contribution in [3.05, 3.63) is 24.5 Å². The summed E-state index contributed by atoms with van der Waals surface area (Å²) in [7, 11) is 0. The standard InChI is InChI=1S/C12H17NO2S/c1-2-11(15-7-1)10-14-8-9-16-12-3-5-13-6-4-12/h3-6,11H,1-2,7-10H2/t11-/m0/s1. The zero-order valence-electron chi connectivity index (χ0n) is 9.30. The van der Waals surface area contributed by atoms with Gasteiger partial charge in [0.05, 0.1) is 19.3 Å². The quantitative estimate of drug-likeness (QED) is 0.563. The summed E-state index contributed by atoms with van der Waals surface area (Å²) in [6, 6.07) is 4.04. The van der Waals surface area contributed by atoms with Crippen molar-refractivity contribution in [1.29, 1.82) is 0 Å². The van der Waals surface area contributed by atoms with Gasteiger partial charge in [0.2, 0.25) is 0 Å². The number of hydrogen-bond acceptors (Lipinski definition) is 4. The Morgan fingerprint density at radius 3 is 3.06 bits per heavy atom. The van der Waals surface area contributed by atoms with Crippen molar-refractivity contribution in [2.75, 3.05) is 25.6 Å². The maximum atomic E-state index is 5.58. The van der Waals surface area contributed by atoms with Crippen LogP contribution in [0.2, 0.25) is 0 Å². The van der Waals surface area contributed by atoms with Crippen molar-refractivity contribution in [2.45, 2.75) is 23.8 Å². The first kappa shape index (κ1) is 11.9. The molecule has 0 radical (unpaired) electrons. The summed E-state index contributed by atoms with van der Waals surface area (Å²) in [5, 5.41) is 0. The largest absolute Gasteiger partial charge is 0.378 e. The molecule has 1 aromatic heterocycles. The monoisotopic (exact) mass is 239 g/mol. The van der Waals surface area contributed by atoms with Gasteiger partial charge in [0.15, 0.2) is 0 Å². The van der Waals surface area contributed by atoms with Crippen LogP contribution in [0.4, 0.5) is 0 Å². The normalized spacial score (nSPS) is 20.1. The molecule has 0 amide bonds. The highest BCUT2D eigenvalue weighted by atomic mass is 32.2. The van der Waals surface area contributed by atoms with E-state index in [9.17, 15) is 0 Å². The van der Waals surface area contributed by atoms with E-state index in [4.69, 9.17) is 9.47 Å². The molecule has 1 saturated heterocycles. The van der Waals surface area contributed by atoms with Gasteiger partial charge in [-0.05, 0) is 25.0 Å². The minimum Gasteiger partial charge on any atom is -0.378 e. The molecule has 16 heavy (non-hydrogen) atoms. The molecule has 0 unspecified atom stereocenters. The van der Waals surface area contributed by atoms with E-state index in [1.165, 1.54) is 11.3 Å². The van der Waals surface area contributed by atoms with Crippen molar-refractivity contribution < 1.29 is 9.47 Å².